The first-order chi connectivity index (χ1) is 12.9. The molecule has 2 aromatic carbocycles. The molecule has 0 saturated heterocycles. The smallest absolute Gasteiger partial charge is 0.137 e. The highest BCUT2D eigenvalue weighted by atomic mass is 15.0. The Balaban J connectivity index is 1.91. The molecule has 3 heteroatoms. The van der Waals surface area contributed by atoms with E-state index in [-0.39, 0.29) is 0 Å². The molecule has 5 aromatic rings. The second-order valence-electron chi connectivity index (χ2n) is 6.44. The first-order valence-electron chi connectivity index (χ1n) is 8.97. The summed E-state index contributed by atoms with van der Waals surface area (Å²) in [6.07, 6.45) is 4.18. The summed E-state index contributed by atoms with van der Waals surface area (Å²) in [6.45, 7) is 3.12. The molecule has 0 aliphatic rings. The lowest BCUT2D eigenvalue weighted by atomic mass is 10.0. The normalized spacial score (nSPS) is 11.4. The fourth-order valence-electron chi connectivity index (χ4n) is 3.84. The summed E-state index contributed by atoms with van der Waals surface area (Å²) < 4.78 is 4.48. The Labute approximate surface area is 152 Å². The summed E-state index contributed by atoms with van der Waals surface area (Å²) in [7, 11) is 0. The van der Waals surface area contributed by atoms with Gasteiger partial charge in [0.15, 0.2) is 0 Å². The molecule has 126 valence electrons. The Morgan fingerprint density at radius 3 is 2.42 bits per heavy atom. The summed E-state index contributed by atoms with van der Waals surface area (Å²) in [5, 5.41) is 1.25. The van der Waals surface area contributed by atoms with Crippen molar-refractivity contribution in [1.82, 2.24) is 14.0 Å². The molecule has 0 bridgehead atoms. The SMILES string of the molecule is CCn1c(-c2ccccc2)c(-c2cn3ccccc3n2)c2ccccc21. The van der Waals surface area contributed by atoms with Gasteiger partial charge in [-0.3, -0.25) is 0 Å². The van der Waals surface area contributed by atoms with Crippen LogP contribution in [0.1, 0.15) is 6.92 Å². The number of hydrogen-bond acceptors (Lipinski definition) is 1. The van der Waals surface area contributed by atoms with Crippen molar-refractivity contribution in [1.29, 1.82) is 0 Å². The Kier molecular flexibility index (Phi) is 3.39. The molecule has 0 spiro atoms. The number of fused-ring (bicyclic) bond motifs is 2. The summed E-state index contributed by atoms with van der Waals surface area (Å²) in [5.74, 6) is 0. The summed E-state index contributed by atoms with van der Waals surface area (Å²) >= 11 is 0. The number of hydrogen-bond donors (Lipinski definition) is 0. The van der Waals surface area contributed by atoms with Gasteiger partial charge in [0.2, 0.25) is 0 Å². The minimum Gasteiger partial charge on any atom is -0.340 e. The third-order valence-corrected chi connectivity index (χ3v) is 4.95. The molecule has 0 fully saturated rings. The van der Waals surface area contributed by atoms with Gasteiger partial charge < -0.3 is 8.97 Å². The van der Waals surface area contributed by atoms with E-state index in [0.29, 0.717) is 0 Å². The van der Waals surface area contributed by atoms with Crippen molar-refractivity contribution in [2.45, 2.75) is 13.5 Å². The predicted molar refractivity (Wildman–Crippen MR) is 107 cm³/mol. The molecule has 0 saturated carbocycles. The zero-order chi connectivity index (χ0) is 17.5. The van der Waals surface area contributed by atoms with Crippen molar-refractivity contribution < 1.29 is 0 Å². The van der Waals surface area contributed by atoms with E-state index in [2.05, 4.69) is 76.7 Å². The van der Waals surface area contributed by atoms with E-state index in [1.54, 1.807) is 0 Å². The molecule has 26 heavy (non-hydrogen) atoms. The lowest BCUT2D eigenvalue weighted by Gasteiger charge is -2.09. The van der Waals surface area contributed by atoms with Gasteiger partial charge in [-0.1, -0.05) is 54.6 Å². The van der Waals surface area contributed by atoms with Crippen molar-refractivity contribution >= 4 is 16.6 Å². The molecule has 0 aliphatic heterocycles. The van der Waals surface area contributed by atoms with Gasteiger partial charge in [-0.2, -0.15) is 0 Å². The van der Waals surface area contributed by atoms with E-state index in [1.165, 1.54) is 27.7 Å². The van der Waals surface area contributed by atoms with E-state index >= 15 is 0 Å². The second kappa shape index (κ2) is 5.88. The van der Waals surface area contributed by atoms with Gasteiger partial charge in [-0.05, 0) is 30.7 Å². The molecule has 0 N–H and O–H groups in total. The maximum absolute atomic E-state index is 4.92. The van der Waals surface area contributed by atoms with Crippen LogP contribution in [0.5, 0.6) is 0 Å². The summed E-state index contributed by atoms with van der Waals surface area (Å²) in [5.41, 5.74) is 6.89. The van der Waals surface area contributed by atoms with Crippen LogP contribution in [-0.4, -0.2) is 14.0 Å². The Bertz CT molecular complexity index is 1180. The molecule has 0 aliphatic carbocycles. The fourth-order valence-corrected chi connectivity index (χ4v) is 3.84. The number of aromatic nitrogens is 3. The Hall–Kier alpha value is -3.33. The van der Waals surface area contributed by atoms with Crippen molar-refractivity contribution in [3.8, 4) is 22.5 Å². The van der Waals surface area contributed by atoms with Crippen LogP contribution < -0.4 is 0 Å². The van der Waals surface area contributed by atoms with Gasteiger partial charge >= 0.3 is 0 Å². The molecule has 0 radical (unpaired) electrons. The highest BCUT2D eigenvalue weighted by molar-refractivity contribution is 6.04. The van der Waals surface area contributed by atoms with Crippen LogP contribution in [0.2, 0.25) is 0 Å². The van der Waals surface area contributed by atoms with Crippen LogP contribution in [0.15, 0.2) is 85.2 Å². The van der Waals surface area contributed by atoms with Crippen LogP contribution in [0, 0.1) is 0 Å². The van der Waals surface area contributed by atoms with Gasteiger partial charge in [0.05, 0.1) is 11.4 Å². The first kappa shape index (κ1) is 15.0. The predicted octanol–water partition coefficient (Wildman–Crippen LogP) is 5.64. The summed E-state index contributed by atoms with van der Waals surface area (Å²) in [6, 6.07) is 25.3. The number of aryl methyl sites for hydroxylation is 1. The number of rotatable bonds is 3. The van der Waals surface area contributed by atoms with Crippen molar-refractivity contribution in [3.05, 3.63) is 85.2 Å². The average molecular weight is 337 g/mol. The van der Waals surface area contributed by atoms with Crippen molar-refractivity contribution in [2.24, 2.45) is 0 Å². The van der Waals surface area contributed by atoms with Gasteiger partial charge in [0, 0.05) is 35.4 Å². The molecule has 0 unspecified atom stereocenters. The number of nitrogens with zero attached hydrogens (tertiary/aromatic N) is 3. The van der Waals surface area contributed by atoms with Crippen LogP contribution in [0.4, 0.5) is 0 Å². The van der Waals surface area contributed by atoms with Crippen LogP contribution in [0.3, 0.4) is 0 Å². The second-order valence-corrected chi connectivity index (χ2v) is 6.44. The molecule has 3 heterocycles. The van der Waals surface area contributed by atoms with E-state index in [9.17, 15) is 0 Å². The minimum atomic E-state index is 0.915. The molecular weight excluding hydrogens is 318 g/mol. The third kappa shape index (κ3) is 2.17. The Morgan fingerprint density at radius 1 is 0.846 bits per heavy atom. The number of pyridine rings is 1. The van der Waals surface area contributed by atoms with Crippen LogP contribution in [-0.2, 0) is 6.54 Å². The van der Waals surface area contributed by atoms with Gasteiger partial charge in [0.1, 0.15) is 5.65 Å². The molecule has 3 nitrogen and oxygen atoms in total. The fraction of sp³-hybridized carbons (Fsp3) is 0.0870. The number of benzene rings is 2. The topological polar surface area (TPSA) is 22.2 Å². The van der Waals surface area contributed by atoms with E-state index in [0.717, 1.165) is 17.9 Å². The maximum Gasteiger partial charge on any atom is 0.137 e. The minimum absolute atomic E-state index is 0.915. The van der Waals surface area contributed by atoms with Gasteiger partial charge in [-0.25, -0.2) is 4.98 Å². The molecular formula is C23H19N3. The third-order valence-electron chi connectivity index (χ3n) is 4.95. The maximum atomic E-state index is 4.92. The molecule has 5 rings (SSSR count). The molecule has 0 amide bonds. The number of para-hydroxylation sites is 1. The summed E-state index contributed by atoms with van der Waals surface area (Å²) in [4.78, 5) is 4.92. The largest absolute Gasteiger partial charge is 0.340 e. The highest BCUT2D eigenvalue weighted by Crippen LogP contribution is 2.40. The molecule has 0 atom stereocenters. The van der Waals surface area contributed by atoms with Crippen LogP contribution >= 0.6 is 0 Å². The van der Waals surface area contributed by atoms with E-state index < -0.39 is 0 Å². The lowest BCUT2D eigenvalue weighted by Crippen LogP contribution is -1.97. The quantitative estimate of drug-likeness (QED) is 0.417. The van der Waals surface area contributed by atoms with Gasteiger partial charge in [-0.15, -0.1) is 0 Å². The highest BCUT2D eigenvalue weighted by Gasteiger charge is 2.20. The molecule has 3 aromatic heterocycles. The zero-order valence-corrected chi connectivity index (χ0v) is 14.6. The Morgan fingerprint density at radius 2 is 1.62 bits per heavy atom. The monoisotopic (exact) mass is 337 g/mol. The average Bonchev–Trinajstić information content (AvgIpc) is 3.27. The number of imidazole rings is 1. The van der Waals surface area contributed by atoms with Crippen molar-refractivity contribution in [2.75, 3.05) is 0 Å². The van der Waals surface area contributed by atoms with Crippen molar-refractivity contribution in [3.63, 3.8) is 0 Å². The van der Waals surface area contributed by atoms with Crippen LogP contribution in [0.25, 0.3) is 39.1 Å². The first-order valence-corrected chi connectivity index (χ1v) is 8.97. The zero-order valence-electron chi connectivity index (χ0n) is 14.6. The standard InChI is InChI=1S/C23H19N3/c1-2-26-20-13-7-6-12-18(20)22(23(26)17-10-4-3-5-11-17)19-16-25-15-9-8-14-21(25)24-19/h3-16H,2H2,1H3. The van der Waals surface area contributed by atoms with Gasteiger partial charge in [0.25, 0.3) is 0 Å². The lowest BCUT2D eigenvalue weighted by molar-refractivity contribution is 0.806. The van der Waals surface area contributed by atoms with E-state index in [4.69, 9.17) is 4.98 Å². The van der Waals surface area contributed by atoms with E-state index in [1.807, 2.05) is 24.4 Å².